The van der Waals surface area contributed by atoms with E-state index in [1.165, 1.54) is 12.8 Å². The standard InChI is InChI=1S/C23H23NO3/c1-26-21-12-11-17-5-2-3-8-20(17)22(21)23(27-14-16-9-10-16)18-6-4-7-19(13-18)24-15-25/h2-8,11-13,15-16,23H,9-10,14H2,1H3,(H,24,25). The van der Waals surface area contributed by atoms with E-state index in [1.807, 2.05) is 42.5 Å². The zero-order valence-corrected chi connectivity index (χ0v) is 15.4. The van der Waals surface area contributed by atoms with Crippen molar-refractivity contribution in [1.29, 1.82) is 0 Å². The van der Waals surface area contributed by atoms with Gasteiger partial charge in [0.25, 0.3) is 0 Å². The van der Waals surface area contributed by atoms with Crippen molar-refractivity contribution in [3.05, 3.63) is 71.8 Å². The van der Waals surface area contributed by atoms with Gasteiger partial charge in [-0.25, -0.2) is 0 Å². The van der Waals surface area contributed by atoms with Crippen LogP contribution in [0.2, 0.25) is 0 Å². The Balaban J connectivity index is 1.84. The van der Waals surface area contributed by atoms with Crippen molar-refractivity contribution in [3.8, 4) is 5.75 Å². The van der Waals surface area contributed by atoms with Crippen LogP contribution in [-0.2, 0) is 9.53 Å². The number of carbonyl (C=O) groups excluding carboxylic acids is 1. The predicted octanol–water partition coefficient (Wildman–Crippen LogP) is 4.93. The highest BCUT2D eigenvalue weighted by atomic mass is 16.5. The summed E-state index contributed by atoms with van der Waals surface area (Å²) in [5, 5.41) is 5.00. The maximum Gasteiger partial charge on any atom is 0.211 e. The van der Waals surface area contributed by atoms with Gasteiger partial charge in [0.2, 0.25) is 6.41 Å². The molecule has 0 bridgehead atoms. The first-order valence-electron chi connectivity index (χ1n) is 9.27. The lowest BCUT2D eigenvalue weighted by molar-refractivity contribution is -0.105. The third-order valence-corrected chi connectivity index (χ3v) is 5.02. The molecule has 1 atom stereocenters. The van der Waals surface area contributed by atoms with Crippen LogP contribution < -0.4 is 10.1 Å². The van der Waals surface area contributed by atoms with Crippen LogP contribution in [-0.4, -0.2) is 20.1 Å². The molecule has 0 aliphatic heterocycles. The van der Waals surface area contributed by atoms with E-state index in [9.17, 15) is 4.79 Å². The quantitative estimate of drug-likeness (QED) is 0.579. The summed E-state index contributed by atoms with van der Waals surface area (Å²) < 4.78 is 12.1. The molecule has 4 heteroatoms. The number of hydrogen-bond acceptors (Lipinski definition) is 3. The average Bonchev–Trinajstić information content (AvgIpc) is 3.53. The monoisotopic (exact) mass is 361 g/mol. The first-order chi connectivity index (χ1) is 13.3. The summed E-state index contributed by atoms with van der Waals surface area (Å²) in [6.07, 6.45) is 2.88. The minimum Gasteiger partial charge on any atom is -0.496 e. The Morgan fingerprint density at radius 2 is 1.96 bits per heavy atom. The Morgan fingerprint density at radius 3 is 2.74 bits per heavy atom. The largest absolute Gasteiger partial charge is 0.496 e. The molecule has 3 aromatic rings. The molecule has 27 heavy (non-hydrogen) atoms. The molecular formula is C23H23NO3. The van der Waals surface area contributed by atoms with Gasteiger partial charge in [0, 0.05) is 11.3 Å². The number of fused-ring (bicyclic) bond motifs is 1. The fourth-order valence-electron chi connectivity index (χ4n) is 3.45. The van der Waals surface area contributed by atoms with Gasteiger partial charge in [-0.15, -0.1) is 0 Å². The number of amides is 1. The normalized spacial score (nSPS) is 14.7. The van der Waals surface area contributed by atoms with Gasteiger partial charge in [-0.05, 0) is 53.3 Å². The third-order valence-electron chi connectivity index (χ3n) is 5.02. The van der Waals surface area contributed by atoms with E-state index in [-0.39, 0.29) is 6.10 Å². The summed E-state index contributed by atoms with van der Waals surface area (Å²) in [6, 6.07) is 20.2. The average molecular weight is 361 g/mol. The Labute approximate surface area is 159 Å². The van der Waals surface area contributed by atoms with Crippen LogP contribution in [0.15, 0.2) is 60.7 Å². The van der Waals surface area contributed by atoms with Gasteiger partial charge < -0.3 is 14.8 Å². The van der Waals surface area contributed by atoms with Crippen LogP contribution >= 0.6 is 0 Å². The van der Waals surface area contributed by atoms with Crippen LogP contribution in [0.1, 0.15) is 30.1 Å². The van der Waals surface area contributed by atoms with Crippen LogP contribution in [0, 0.1) is 5.92 Å². The van der Waals surface area contributed by atoms with Crippen molar-refractivity contribution in [3.63, 3.8) is 0 Å². The van der Waals surface area contributed by atoms with E-state index in [4.69, 9.17) is 9.47 Å². The summed E-state index contributed by atoms with van der Waals surface area (Å²) in [7, 11) is 1.69. The molecule has 3 aromatic carbocycles. The summed E-state index contributed by atoms with van der Waals surface area (Å²) in [6.45, 7) is 0.725. The van der Waals surface area contributed by atoms with Crippen molar-refractivity contribution in [2.45, 2.75) is 18.9 Å². The number of benzene rings is 3. The number of methoxy groups -OCH3 is 1. The molecule has 0 heterocycles. The lowest BCUT2D eigenvalue weighted by Crippen LogP contribution is -2.11. The number of rotatable bonds is 8. The second kappa shape index (κ2) is 7.80. The molecule has 0 saturated heterocycles. The lowest BCUT2D eigenvalue weighted by atomic mass is 9.94. The molecule has 1 amide bonds. The molecule has 4 rings (SSSR count). The molecule has 138 valence electrons. The molecule has 0 aromatic heterocycles. The van der Waals surface area contributed by atoms with Crippen molar-refractivity contribution in [2.75, 3.05) is 19.0 Å². The van der Waals surface area contributed by atoms with Gasteiger partial charge in [0.05, 0.1) is 13.7 Å². The number of nitrogens with one attached hydrogen (secondary N) is 1. The van der Waals surface area contributed by atoms with Gasteiger partial charge in [0.15, 0.2) is 0 Å². The Morgan fingerprint density at radius 1 is 1.11 bits per heavy atom. The van der Waals surface area contributed by atoms with Gasteiger partial charge in [-0.2, -0.15) is 0 Å². The van der Waals surface area contributed by atoms with E-state index in [0.717, 1.165) is 39.9 Å². The van der Waals surface area contributed by atoms with Crippen molar-refractivity contribution in [2.24, 2.45) is 5.92 Å². The molecule has 1 unspecified atom stereocenters. The molecule has 1 aliphatic rings. The maximum absolute atomic E-state index is 10.9. The van der Waals surface area contributed by atoms with E-state index < -0.39 is 0 Å². The first-order valence-corrected chi connectivity index (χ1v) is 9.27. The number of ether oxygens (including phenoxy) is 2. The minimum atomic E-state index is -0.264. The summed E-state index contributed by atoms with van der Waals surface area (Å²) in [5.41, 5.74) is 2.78. The Hall–Kier alpha value is -2.85. The summed E-state index contributed by atoms with van der Waals surface area (Å²) in [5.74, 6) is 1.45. The fourth-order valence-corrected chi connectivity index (χ4v) is 3.45. The van der Waals surface area contributed by atoms with Gasteiger partial charge in [-0.3, -0.25) is 4.79 Å². The van der Waals surface area contributed by atoms with Crippen LogP contribution in [0.25, 0.3) is 10.8 Å². The van der Waals surface area contributed by atoms with Crippen molar-refractivity contribution in [1.82, 2.24) is 0 Å². The SMILES string of the molecule is COc1ccc2ccccc2c1C(OCC1CC1)c1cccc(NC=O)c1. The first kappa shape index (κ1) is 17.6. The van der Waals surface area contributed by atoms with Crippen LogP contribution in [0.5, 0.6) is 5.75 Å². The third kappa shape index (κ3) is 3.81. The zero-order valence-electron chi connectivity index (χ0n) is 15.4. The molecule has 1 saturated carbocycles. The molecule has 4 nitrogen and oxygen atoms in total. The molecule has 1 aliphatic carbocycles. The number of hydrogen-bond donors (Lipinski definition) is 1. The topological polar surface area (TPSA) is 47.6 Å². The smallest absolute Gasteiger partial charge is 0.211 e. The summed E-state index contributed by atoms with van der Waals surface area (Å²) >= 11 is 0. The van der Waals surface area contributed by atoms with Crippen LogP contribution in [0.4, 0.5) is 5.69 Å². The zero-order chi connectivity index (χ0) is 18.6. The predicted molar refractivity (Wildman–Crippen MR) is 107 cm³/mol. The maximum atomic E-state index is 10.9. The molecule has 1 fully saturated rings. The van der Waals surface area contributed by atoms with E-state index in [1.54, 1.807) is 7.11 Å². The second-order valence-corrected chi connectivity index (χ2v) is 6.95. The highest BCUT2D eigenvalue weighted by Gasteiger charge is 2.27. The summed E-state index contributed by atoms with van der Waals surface area (Å²) in [4.78, 5) is 10.9. The molecule has 1 N–H and O–H groups in total. The molecule has 0 radical (unpaired) electrons. The van der Waals surface area contributed by atoms with E-state index in [2.05, 4.69) is 23.5 Å². The Kier molecular flexibility index (Phi) is 5.07. The number of carbonyl (C=O) groups is 1. The van der Waals surface area contributed by atoms with Crippen LogP contribution in [0.3, 0.4) is 0 Å². The van der Waals surface area contributed by atoms with Crippen molar-refractivity contribution >= 4 is 22.9 Å². The highest BCUT2D eigenvalue weighted by Crippen LogP contribution is 2.40. The number of anilines is 1. The van der Waals surface area contributed by atoms with Gasteiger partial charge in [-0.1, -0.05) is 42.5 Å². The minimum absolute atomic E-state index is 0.264. The second-order valence-electron chi connectivity index (χ2n) is 6.95. The van der Waals surface area contributed by atoms with E-state index >= 15 is 0 Å². The van der Waals surface area contributed by atoms with E-state index in [0.29, 0.717) is 12.3 Å². The highest BCUT2D eigenvalue weighted by molar-refractivity contribution is 5.88. The van der Waals surface area contributed by atoms with Gasteiger partial charge in [0.1, 0.15) is 11.9 Å². The van der Waals surface area contributed by atoms with Gasteiger partial charge >= 0.3 is 0 Å². The van der Waals surface area contributed by atoms with Crippen molar-refractivity contribution < 1.29 is 14.3 Å². The Bertz CT molecular complexity index is 949. The fraction of sp³-hybridized carbons (Fsp3) is 0.261. The molecule has 0 spiro atoms. The lowest BCUT2D eigenvalue weighted by Gasteiger charge is -2.23. The molecular weight excluding hydrogens is 338 g/mol.